The van der Waals surface area contributed by atoms with Gasteiger partial charge in [0.2, 0.25) is 0 Å². The molecule has 4 rings (SSSR count). The first kappa shape index (κ1) is 15.7. The van der Waals surface area contributed by atoms with E-state index in [0.29, 0.717) is 30.6 Å². The lowest BCUT2D eigenvalue weighted by Gasteiger charge is -2.35. The molecule has 0 bridgehead atoms. The molecule has 3 heterocycles. The summed E-state index contributed by atoms with van der Waals surface area (Å²) in [5.74, 6) is 0.193. The highest BCUT2D eigenvalue weighted by Crippen LogP contribution is 2.20. The van der Waals surface area contributed by atoms with Gasteiger partial charge in [-0.25, -0.2) is 4.98 Å². The number of amides is 2. The molecule has 1 aliphatic carbocycles. The summed E-state index contributed by atoms with van der Waals surface area (Å²) in [4.78, 5) is 32.5. The van der Waals surface area contributed by atoms with Crippen LogP contribution in [0.3, 0.4) is 0 Å². The molecular formula is C18H20N4O3. The minimum absolute atomic E-state index is 0.0742. The van der Waals surface area contributed by atoms with E-state index in [1.807, 2.05) is 6.07 Å². The largest absolute Gasteiger partial charge is 0.459 e. The van der Waals surface area contributed by atoms with E-state index in [1.54, 1.807) is 29.3 Å². The quantitative estimate of drug-likeness (QED) is 0.913. The molecule has 2 aliphatic rings. The number of rotatable bonds is 4. The summed E-state index contributed by atoms with van der Waals surface area (Å²) < 4.78 is 5.17. The fourth-order valence-corrected chi connectivity index (χ4v) is 2.92. The van der Waals surface area contributed by atoms with Crippen molar-refractivity contribution in [3.05, 3.63) is 48.2 Å². The number of hydrogen-bond acceptors (Lipinski definition) is 5. The molecule has 1 saturated carbocycles. The number of carbonyl (C=O) groups excluding carboxylic acids is 2. The van der Waals surface area contributed by atoms with Crippen molar-refractivity contribution in [3.8, 4) is 0 Å². The fourth-order valence-electron chi connectivity index (χ4n) is 2.92. The Morgan fingerprint density at radius 1 is 1.12 bits per heavy atom. The number of aromatic nitrogens is 1. The van der Waals surface area contributed by atoms with E-state index in [2.05, 4.69) is 15.2 Å². The first-order chi connectivity index (χ1) is 12.2. The van der Waals surface area contributed by atoms with Gasteiger partial charge in [-0.15, -0.1) is 0 Å². The van der Waals surface area contributed by atoms with Crippen LogP contribution < -0.4 is 10.2 Å². The average Bonchev–Trinajstić information content (AvgIpc) is 3.30. The number of pyridine rings is 1. The molecular weight excluding hydrogens is 320 g/mol. The first-order valence-corrected chi connectivity index (χ1v) is 8.55. The SMILES string of the molecule is O=C(NC1CC1)c1ccc(N2CCN(C(=O)c3ccco3)CC2)cn1. The van der Waals surface area contributed by atoms with Gasteiger partial charge in [0.05, 0.1) is 18.1 Å². The van der Waals surface area contributed by atoms with Crippen LogP contribution in [0.4, 0.5) is 5.69 Å². The molecule has 0 atom stereocenters. The monoisotopic (exact) mass is 340 g/mol. The molecule has 1 saturated heterocycles. The molecule has 0 aromatic carbocycles. The molecule has 2 aromatic heterocycles. The van der Waals surface area contributed by atoms with Gasteiger partial charge < -0.3 is 19.5 Å². The van der Waals surface area contributed by atoms with E-state index in [4.69, 9.17) is 4.42 Å². The number of anilines is 1. The van der Waals surface area contributed by atoms with Crippen molar-refractivity contribution in [2.75, 3.05) is 31.1 Å². The molecule has 0 unspecified atom stereocenters. The summed E-state index contributed by atoms with van der Waals surface area (Å²) in [6.07, 6.45) is 5.36. The van der Waals surface area contributed by atoms with E-state index < -0.39 is 0 Å². The maximum Gasteiger partial charge on any atom is 0.289 e. The lowest BCUT2D eigenvalue weighted by Crippen LogP contribution is -2.48. The van der Waals surface area contributed by atoms with Gasteiger partial charge in [-0.3, -0.25) is 9.59 Å². The highest BCUT2D eigenvalue weighted by molar-refractivity contribution is 5.93. The fraction of sp³-hybridized carbons (Fsp3) is 0.389. The molecule has 1 N–H and O–H groups in total. The van der Waals surface area contributed by atoms with Gasteiger partial charge in [-0.2, -0.15) is 0 Å². The Kier molecular flexibility index (Phi) is 4.13. The molecule has 2 fully saturated rings. The third-order valence-electron chi connectivity index (χ3n) is 4.56. The van der Waals surface area contributed by atoms with Gasteiger partial charge in [0.1, 0.15) is 5.69 Å². The maximum absolute atomic E-state index is 12.3. The Bertz CT molecular complexity index is 745. The van der Waals surface area contributed by atoms with Crippen molar-refractivity contribution in [1.82, 2.24) is 15.2 Å². The summed E-state index contributed by atoms with van der Waals surface area (Å²) in [7, 11) is 0. The Morgan fingerprint density at radius 3 is 2.52 bits per heavy atom. The normalized spacial score (nSPS) is 17.4. The standard InChI is InChI=1S/C18H20N4O3/c23-17(20-13-3-4-13)15-6-5-14(12-19-15)21-7-9-22(10-8-21)18(24)16-2-1-11-25-16/h1-2,5-6,11-13H,3-4,7-10H2,(H,20,23). The first-order valence-electron chi connectivity index (χ1n) is 8.55. The van der Waals surface area contributed by atoms with Crippen molar-refractivity contribution >= 4 is 17.5 Å². The van der Waals surface area contributed by atoms with E-state index in [9.17, 15) is 9.59 Å². The second-order valence-corrected chi connectivity index (χ2v) is 6.41. The third-order valence-corrected chi connectivity index (χ3v) is 4.56. The van der Waals surface area contributed by atoms with E-state index >= 15 is 0 Å². The number of furan rings is 1. The average molecular weight is 340 g/mol. The Morgan fingerprint density at radius 2 is 1.92 bits per heavy atom. The molecule has 7 nitrogen and oxygen atoms in total. The highest BCUT2D eigenvalue weighted by Gasteiger charge is 2.25. The summed E-state index contributed by atoms with van der Waals surface area (Å²) in [5.41, 5.74) is 1.41. The van der Waals surface area contributed by atoms with Crippen LogP contribution >= 0.6 is 0 Å². The van der Waals surface area contributed by atoms with Crippen LogP contribution in [-0.2, 0) is 0 Å². The minimum atomic E-state index is -0.108. The van der Waals surface area contributed by atoms with Crippen LogP contribution in [0.1, 0.15) is 33.9 Å². The Balaban J connectivity index is 1.34. The molecule has 7 heteroatoms. The van der Waals surface area contributed by atoms with Crippen LogP contribution in [0.25, 0.3) is 0 Å². The predicted molar refractivity (Wildman–Crippen MR) is 91.5 cm³/mol. The number of piperazine rings is 1. The van der Waals surface area contributed by atoms with Gasteiger partial charge >= 0.3 is 0 Å². The van der Waals surface area contributed by atoms with E-state index in [0.717, 1.165) is 31.6 Å². The van der Waals surface area contributed by atoms with Crippen molar-refractivity contribution in [1.29, 1.82) is 0 Å². The summed E-state index contributed by atoms with van der Waals surface area (Å²) >= 11 is 0. The second kappa shape index (κ2) is 6.58. The number of nitrogens with zero attached hydrogens (tertiary/aromatic N) is 3. The molecule has 0 spiro atoms. The van der Waals surface area contributed by atoms with Gasteiger partial charge in [0, 0.05) is 32.2 Å². The lowest BCUT2D eigenvalue weighted by atomic mass is 10.2. The summed E-state index contributed by atoms with van der Waals surface area (Å²) in [6, 6.07) is 7.40. The maximum atomic E-state index is 12.3. The van der Waals surface area contributed by atoms with Gasteiger partial charge in [0.15, 0.2) is 5.76 Å². The Labute approximate surface area is 145 Å². The number of hydrogen-bond donors (Lipinski definition) is 1. The Hall–Kier alpha value is -2.83. The van der Waals surface area contributed by atoms with Crippen LogP contribution in [0, 0.1) is 0 Å². The topological polar surface area (TPSA) is 78.7 Å². The minimum Gasteiger partial charge on any atom is -0.459 e. The predicted octanol–water partition coefficient (Wildman–Crippen LogP) is 1.53. The number of carbonyl (C=O) groups is 2. The van der Waals surface area contributed by atoms with Crippen LogP contribution in [-0.4, -0.2) is 53.9 Å². The molecule has 25 heavy (non-hydrogen) atoms. The highest BCUT2D eigenvalue weighted by atomic mass is 16.3. The molecule has 0 radical (unpaired) electrons. The van der Waals surface area contributed by atoms with E-state index in [-0.39, 0.29) is 11.8 Å². The van der Waals surface area contributed by atoms with Crippen LogP contribution in [0.5, 0.6) is 0 Å². The second-order valence-electron chi connectivity index (χ2n) is 6.41. The van der Waals surface area contributed by atoms with Crippen LogP contribution in [0.2, 0.25) is 0 Å². The lowest BCUT2D eigenvalue weighted by molar-refractivity contribution is 0.0714. The van der Waals surface area contributed by atoms with E-state index in [1.165, 1.54) is 6.26 Å². The molecule has 2 amide bonds. The van der Waals surface area contributed by atoms with Crippen molar-refractivity contribution in [3.63, 3.8) is 0 Å². The zero-order chi connectivity index (χ0) is 17.2. The van der Waals surface area contributed by atoms with Gasteiger partial charge in [0.25, 0.3) is 11.8 Å². The third kappa shape index (κ3) is 3.50. The molecule has 130 valence electrons. The van der Waals surface area contributed by atoms with Gasteiger partial charge in [-0.1, -0.05) is 0 Å². The van der Waals surface area contributed by atoms with Crippen LogP contribution in [0.15, 0.2) is 41.1 Å². The molecule has 2 aromatic rings. The van der Waals surface area contributed by atoms with Crippen molar-refractivity contribution in [2.24, 2.45) is 0 Å². The van der Waals surface area contributed by atoms with Crippen molar-refractivity contribution < 1.29 is 14.0 Å². The number of nitrogens with one attached hydrogen (secondary N) is 1. The zero-order valence-corrected chi connectivity index (χ0v) is 13.9. The molecule has 1 aliphatic heterocycles. The van der Waals surface area contributed by atoms with Crippen molar-refractivity contribution in [2.45, 2.75) is 18.9 Å². The summed E-state index contributed by atoms with van der Waals surface area (Å²) in [5, 5.41) is 2.93. The zero-order valence-electron chi connectivity index (χ0n) is 13.9. The smallest absolute Gasteiger partial charge is 0.289 e. The summed E-state index contributed by atoms with van der Waals surface area (Å²) in [6.45, 7) is 2.70. The van der Waals surface area contributed by atoms with Gasteiger partial charge in [-0.05, 0) is 37.1 Å².